The minimum Gasteiger partial charge on any atom is -0.493 e. The number of imide groups is 1. The lowest BCUT2D eigenvalue weighted by molar-refractivity contribution is -0.129. The molecule has 0 saturated carbocycles. The van der Waals surface area contributed by atoms with Gasteiger partial charge in [0.1, 0.15) is 5.75 Å². The zero-order chi connectivity index (χ0) is 25.0. The molecule has 1 aromatic carbocycles. The maximum Gasteiger partial charge on any atom is 0.510 e. The van der Waals surface area contributed by atoms with Crippen molar-refractivity contribution in [1.82, 2.24) is 9.88 Å². The minimum absolute atomic E-state index is 0.259. The summed E-state index contributed by atoms with van der Waals surface area (Å²) >= 11 is 0.938. The van der Waals surface area contributed by atoms with Crippen LogP contribution in [0.25, 0.3) is 0 Å². The quantitative estimate of drug-likeness (QED) is 0.274. The minimum atomic E-state index is -0.875. The lowest BCUT2D eigenvalue weighted by atomic mass is 10.1. The van der Waals surface area contributed by atoms with Gasteiger partial charge in [0.2, 0.25) is 5.91 Å². The number of hydrogen-bond donors (Lipinski definition) is 0. The van der Waals surface area contributed by atoms with E-state index in [-0.39, 0.29) is 12.5 Å². The molecule has 2 amide bonds. The summed E-state index contributed by atoms with van der Waals surface area (Å²) in [5.41, 5.74) is 3.10. The molecule has 0 aliphatic carbocycles. The number of hydrogen-bond acceptors (Lipinski definition) is 8. The summed E-state index contributed by atoms with van der Waals surface area (Å²) in [6.45, 7) is 4.48. The first-order valence-corrected chi connectivity index (χ1v) is 12.8. The third-order valence-electron chi connectivity index (χ3n) is 5.55. The molecule has 0 radical (unpaired) electrons. The molecule has 2 heterocycles. The van der Waals surface area contributed by atoms with Gasteiger partial charge in [-0.2, -0.15) is 0 Å². The molecule has 1 aliphatic heterocycles. The highest BCUT2D eigenvalue weighted by Crippen LogP contribution is 2.30. The topological polar surface area (TPSA) is 95.0 Å². The zero-order valence-electron chi connectivity index (χ0n) is 20.2. The Morgan fingerprint density at radius 1 is 1.00 bits per heavy atom. The summed E-state index contributed by atoms with van der Waals surface area (Å²) in [5.74, 6) is 0.355. The van der Waals surface area contributed by atoms with E-state index in [9.17, 15) is 14.4 Å². The number of nitrogens with zero attached hydrogens (tertiary/aromatic N) is 2. The Kier molecular flexibility index (Phi) is 10.4. The molecule has 1 fully saturated rings. The highest BCUT2D eigenvalue weighted by atomic mass is 32.2. The Balaban J connectivity index is 1.41. The number of rotatable bonds is 13. The van der Waals surface area contributed by atoms with E-state index in [1.54, 1.807) is 0 Å². The predicted octanol–water partition coefficient (Wildman–Crippen LogP) is 5.17. The SMILES string of the molecule is CCCCCOC(=O)OCN1C(=O)SC(Cc2ccc(OCCc3ccc(CC)cn3)cc2)C1=O. The van der Waals surface area contributed by atoms with Crippen LogP contribution in [-0.2, 0) is 33.5 Å². The number of ether oxygens (including phenoxy) is 3. The molecule has 188 valence electrons. The van der Waals surface area contributed by atoms with Gasteiger partial charge in [0, 0.05) is 18.3 Å². The van der Waals surface area contributed by atoms with Gasteiger partial charge in [-0.05, 0) is 48.6 Å². The van der Waals surface area contributed by atoms with Gasteiger partial charge in [-0.15, -0.1) is 0 Å². The van der Waals surface area contributed by atoms with E-state index in [1.807, 2.05) is 43.5 Å². The zero-order valence-corrected chi connectivity index (χ0v) is 21.1. The molecule has 9 heteroatoms. The highest BCUT2D eigenvalue weighted by molar-refractivity contribution is 8.15. The lowest BCUT2D eigenvalue weighted by Gasteiger charge is -2.14. The standard InChI is InChI=1S/C26H32N2O6S/c1-3-5-6-14-33-26(31)34-18-28-24(29)23(35-25(28)30)16-20-8-11-22(12-9-20)32-15-13-21-10-7-19(4-2)17-27-21/h7-12,17,23H,3-6,13-16,18H2,1-2H3. The number of thioether (sulfide) groups is 1. The van der Waals surface area contributed by atoms with Crippen molar-refractivity contribution in [3.8, 4) is 5.75 Å². The molecule has 1 unspecified atom stereocenters. The summed E-state index contributed by atoms with van der Waals surface area (Å²) in [6, 6.07) is 11.6. The first-order valence-electron chi connectivity index (χ1n) is 12.0. The van der Waals surface area contributed by atoms with Crippen molar-refractivity contribution in [3.63, 3.8) is 0 Å². The van der Waals surface area contributed by atoms with E-state index in [0.29, 0.717) is 19.4 Å². The fraction of sp³-hybridized carbons (Fsp3) is 0.462. The fourth-order valence-corrected chi connectivity index (χ4v) is 4.45. The van der Waals surface area contributed by atoms with Crippen molar-refractivity contribution in [2.45, 2.75) is 57.6 Å². The van der Waals surface area contributed by atoms with E-state index < -0.39 is 23.4 Å². The lowest BCUT2D eigenvalue weighted by Crippen LogP contribution is -2.35. The normalized spacial score (nSPS) is 15.4. The Morgan fingerprint density at radius 3 is 2.46 bits per heavy atom. The molecule has 8 nitrogen and oxygen atoms in total. The Morgan fingerprint density at radius 2 is 1.77 bits per heavy atom. The molecular weight excluding hydrogens is 468 g/mol. The molecule has 1 aromatic heterocycles. The van der Waals surface area contributed by atoms with Crippen molar-refractivity contribution in [2.75, 3.05) is 19.9 Å². The third-order valence-corrected chi connectivity index (χ3v) is 6.62. The van der Waals surface area contributed by atoms with Crippen LogP contribution in [0.3, 0.4) is 0 Å². The number of carbonyl (C=O) groups excluding carboxylic acids is 3. The van der Waals surface area contributed by atoms with Crippen LogP contribution < -0.4 is 4.74 Å². The van der Waals surface area contributed by atoms with E-state index >= 15 is 0 Å². The summed E-state index contributed by atoms with van der Waals surface area (Å²) in [5, 5.41) is -0.991. The molecule has 2 aromatic rings. The van der Waals surface area contributed by atoms with Gasteiger partial charge >= 0.3 is 6.16 Å². The second-order valence-electron chi connectivity index (χ2n) is 8.18. The van der Waals surface area contributed by atoms with Crippen molar-refractivity contribution >= 4 is 29.1 Å². The monoisotopic (exact) mass is 500 g/mol. The van der Waals surface area contributed by atoms with Crippen LogP contribution in [0.1, 0.15) is 49.9 Å². The Labute approximate surface area is 210 Å². The maximum atomic E-state index is 12.6. The molecule has 0 N–H and O–H groups in total. The van der Waals surface area contributed by atoms with Gasteiger partial charge in [-0.25, -0.2) is 9.69 Å². The van der Waals surface area contributed by atoms with Crippen molar-refractivity contribution in [1.29, 1.82) is 0 Å². The smallest absolute Gasteiger partial charge is 0.493 e. The van der Waals surface area contributed by atoms with Crippen molar-refractivity contribution < 1.29 is 28.6 Å². The molecule has 0 bridgehead atoms. The average Bonchev–Trinajstić information content (AvgIpc) is 3.13. The number of carbonyl (C=O) groups is 3. The van der Waals surface area contributed by atoms with Gasteiger partial charge in [0.05, 0.1) is 18.5 Å². The molecule has 1 aliphatic rings. The summed E-state index contributed by atoms with van der Waals surface area (Å²) in [4.78, 5) is 41.9. The van der Waals surface area contributed by atoms with E-state index in [1.165, 1.54) is 5.56 Å². The Hall–Kier alpha value is -3.07. The van der Waals surface area contributed by atoms with Crippen LogP contribution in [-0.4, -0.2) is 52.4 Å². The van der Waals surface area contributed by atoms with Crippen LogP contribution in [0, 0.1) is 0 Å². The number of benzene rings is 1. The van der Waals surface area contributed by atoms with Crippen LogP contribution in [0.15, 0.2) is 42.6 Å². The maximum absolute atomic E-state index is 12.6. The molecule has 1 saturated heterocycles. The molecule has 35 heavy (non-hydrogen) atoms. The summed E-state index contributed by atoms with van der Waals surface area (Å²) < 4.78 is 15.7. The number of amides is 2. The van der Waals surface area contributed by atoms with Crippen molar-refractivity contribution in [3.05, 3.63) is 59.4 Å². The molecule has 0 spiro atoms. The first-order chi connectivity index (χ1) is 17.0. The van der Waals surface area contributed by atoms with Crippen LogP contribution in [0.4, 0.5) is 9.59 Å². The van der Waals surface area contributed by atoms with Gasteiger partial charge in [-0.3, -0.25) is 14.6 Å². The fourth-order valence-electron chi connectivity index (χ4n) is 3.43. The van der Waals surface area contributed by atoms with Gasteiger partial charge in [0.25, 0.3) is 5.24 Å². The molecule has 1 atom stereocenters. The molecule has 3 rings (SSSR count). The predicted molar refractivity (Wildman–Crippen MR) is 133 cm³/mol. The van der Waals surface area contributed by atoms with Crippen LogP contribution in [0.5, 0.6) is 5.75 Å². The van der Waals surface area contributed by atoms with E-state index in [0.717, 1.165) is 59.4 Å². The largest absolute Gasteiger partial charge is 0.510 e. The van der Waals surface area contributed by atoms with Crippen LogP contribution >= 0.6 is 11.8 Å². The summed E-state index contributed by atoms with van der Waals surface area (Å²) in [7, 11) is 0. The number of aryl methyl sites for hydroxylation is 1. The summed E-state index contributed by atoms with van der Waals surface area (Å²) in [6.07, 6.45) is 5.80. The van der Waals surface area contributed by atoms with E-state index in [4.69, 9.17) is 14.2 Å². The van der Waals surface area contributed by atoms with Gasteiger partial charge < -0.3 is 14.2 Å². The second-order valence-corrected chi connectivity index (χ2v) is 9.33. The molecular formula is C26H32N2O6S. The second kappa shape index (κ2) is 13.7. The van der Waals surface area contributed by atoms with Crippen molar-refractivity contribution in [2.24, 2.45) is 0 Å². The number of unbranched alkanes of at least 4 members (excludes halogenated alkanes) is 2. The Bertz CT molecular complexity index is 980. The van der Waals surface area contributed by atoms with Gasteiger partial charge in [-0.1, -0.05) is 56.7 Å². The average molecular weight is 501 g/mol. The number of aromatic nitrogens is 1. The van der Waals surface area contributed by atoms with E-state index in [2.05, 4.69) is 18.0 Å². The number of pyridine rings is 1. The third kappa shape index (κ3) is 8.28. The highest BCUT2D eigenvalue weighted by Gasteiger charge is 2.40. The first kappa shape index (κ1) is 26.5. The van der Waals surface area contributed by atoms with Gasteiger partial charge in [0.15, 0.2) is 6.73 Å². The van der Waals surface area contributed by atoms with Crippen LogP contribution in [0.2, 0.25) is 0 Å².